The molecule has 0 aliphatic carbocycles. The molecule has 2 N–H and O–H groups in total. The van der Waals surface area contributed by atoms with Crippen molar-refractivity contribution in [2.45, 2.75) is 140 Å². The smallest absolute Gasteiger partial charge is 0.330 e. The molecule has 0 aromatic rings. The highest BCUT2D eigenvalue weighted by Crippen LogP contribution is 2.37. The van der Waals surface area contributed by atoms with E-state index in [1.807, 2.05) is 53.6 Å². The molecule has 3 saturated heterocycles. The molecule has 4 aliphatic heterocycles. The van der Waals surface area contributed by atoms with Crippen molar-refractivity contribution in [3.05, 3.63) is 24.3 Å². The molecule has 0 aromatic heterocycles. The number of allylic oxidation sites excluding steroid dienone is 1. The predicted octanol–water partition coefficient (Wildman–Crippen LogP) is 2.65. The zero-order valence-corrected chi connectivity index (χ0v) is 31.4. The SMILES string of the molecule is CC[C@H]1OC(=O)/C=C/[C@H](C)[C@@H](O[C@H]2O[C@H](C)C[C@@H](N(C)C)[C@H]2O)[C@H](C)C[C@H](C)C(=O)/C=C\[C@@H]2O[C@H]2[C@@H]1CO[C@@H]1O[C@H](C)[C@@H](O)[C@H](OC)[C@@H]1OC. The molecule has 0 spiro atoms. The fourth-order valence-corrected chi connectivity index (χ4v) is 7.64. The van der Waals surface area contributed by atoms with Crippen LogP contribution in [0.5, 0.6) is 0 Å². The van der Waals surface area contributed by atoms with Crippen molar-refractivity contribution >= 4 is 11.8 Å². The summed E-state index contributed by atoms with van der Waals surface area (Å²) < 4.78 is 48.1. The van der Waals surface area contributed by atoms with Crippen LogP contribution in [0.25, 0.3) is 0 Å². The number of aliphatic hydroxyl groups is 2. The summed E-state index contributed by atoms with van der Waals surface area (Å²) in [5.74, 6) is -1.66. The molecule has 0 saturated carbocycles. The number of epoxide rings is 1. The molecule has 0 amide bonds. The van der Waals surface area contributed by atoms with Crippen molar-refractivity contribution in [1.82, 2.24) is 4.90 Å². The molecule has 13 nitrogen and oxygen atoms in total. The molecule has 0 bridgehead atoms. The van der Waals surface area contributed by atoms with Gasteiger partial charge in [-0.15, -0.1) is 0 Å². The summed E-state index contributed by atoms with van der Waals surface area (Å²) in [4.78, 5) is 28.7. The number of hydrogen-bond acceptors (Lipinski definition) is 13. The van der Waals surface area contributed by atoms with Gasteiger partial charge in [-0.2, -0.15) is 0 Å². The van der Waals surface area contributed by atoms with E-state index in [1.165, 1.54) is 20.3 Å². The number of esters is 1. The summed E-state index contributed by atoms with van der Waals surface area (Å²) in [6.07, 6.45) is 0.848. The number of cyclic esters (lactones) is 1. The van der Waals surface area contributed by atoms with E-state index in [2.05, 4.69) is 0 Å². The number of likely N-dealkylation sites (N-methyl/N-ethyl adjacent to an activating group) is 1. The first kappa shape index (κ1) is 41.0. The van der Waals surface area contributed by atoms with Crippen LogP contribution in [0.1, 0.15) is 60.8 Å². The minimum absolute atomic E-state index is 0.0293. The average Bonchev–Trinajstić information content (AvgIpc) is 3.85. The third-order valence-electron chi connectivity index (χ3n) is 10.7. The summed E-state index contributed by atoms with van der Waals surface area (Å²) in [6, 6.07) is -0.144. The van der Waals surface area contributed by atoms with Gasteiger partial charge in [0.2, 0.25) is 0 Å². The lowest BCUT2D eigenvalue weighted by atomic mass is 9.84. The summed E-state index contributed by atoms with van der Waals surface area (Å²) in [5, 5.41) is 21.8. The van der Waals surface area contributed by atoms with E-state index in [0.717, 1.165) is 0 Å². The van der Waals surface area contributed by atoms with Gasteiger partial charge in [-0.05, 0) is 65.3 Å². The van der Waals surface area contributed by atoms with Crippen LogP contribution in [-0.4, -0.2) is 141 Å². The zero-order valence-electron chi connectivity index (χ0n) is 31.4. The van der Waals surface area contributed by atoms with E-state index in [-0.39, 0.29) is 54.5 Å². The second-order valence-corrected chi connectivity index (χ2v) is 14.8. The number of aliphatic hydroxyl groups excluding tert-OH is 2. The number of rotatable bonds is 9. The Labute approximate surface area is 297 Å². The highest BCUT2D eigenvalue weighted by atomic mass is 16.7. The molecule has 17 atom stereocenters. The molecule has 0 unspecified atom stereocenters. The van der Waals surface area contributed by atoms with Gasteiger partial charge in [-0.1, -0.05) is 33.8 Å². The number of methoxy groups -OCH3 is 2. The highest BCUT2D eigenvalue weighted by molar-refractivity contribution is 5.91. The highest BCUT2D eigenvalue weighted by Gasteiger charge is 2.50. The minimum Gasteiger partial charge on any atom is -0.459 e. The van der Waals surface area contributed by atoms with Crippen molar-refractivity contribution in [3.8, 4) is 0 Å². The maximum atomic E-state index is 13.4. The van der Waals surface area contributed by atoms with Crippen molar-refractivity contribution in [3.63, 3.8) is 0 Å². The Morgan fingerprint density at radius 3 is 2.20 bits per heavy atom. The molecule has 50 heavy (non-hydrogen) atoms. The first-order valence-electron chi connectivity index (χ1n) is 18.1. The van der Waals surface area contributed by atoms with Gasteiger partial charge in [0.25, 0.3) is 0 Å². The van der Waals surface area contributed by atoms with Gasteiger partial charge < -0.3 is 53.0 Å². The Balaban J connectivity index is 1.56. The number of ketones is 1. The molecular weight excluding hydrogens is 650 g/mol. The molecule has 4 aliphatic rings. The quantitative estimate of drug-likeness (QED) is 0.266. The molecular formula is C37H61NO12. The first-order chi connectivity index (χ1) is 23.7. The van der Waals surface area contributed by atoms with E-state index >= 15 is 0 Å². The monoisotopic (exact) mass is 711 g/mol. The Morgan fingerprint density at radius 2 is 1.56 bits per heavy atom. The van der Waals surface area contributed by atoms with E-state index in [0.29, 0.717) is 19.3 Å². The second kappa shape index (κ2) is 18.3. The van der Waals surface area contributed by atoms with Crippen LogP contribution in [0.4, 0.5) is 0 Å². The number of nitrogens with zero attached hydrogens (tertiary/aromatic N) is 1. The maximum Gasteiger partial charge on any atom is 0.330 e. The lowest BCUT2D eigenvalue weighted by Gasteiger charge is -2.43. The van der Waals surface area contributed by atoms with Gasteiger partial charge in [-0.3, -0.25) is 4.79 Å². The normalized spacial score (nSPS) is 46.2. The lowest BCUT2D eigenvalue weighted by molar-refractivity contribution is -0.305. The second-order valence-electron chi connectivity index (χ2n) is 14.8. The van der Waals surface area contributed by atoms with Crippen molar-refractivity contribution in [2.75, 3.05) is 34.9 Å². The van der Waals surface area contributed by atoms with Crippen LogP contribution in [0.15, 0.2) is 24.3 Å². The lowest BCUT2D eigenvalue weighted by Crippen LogP contribution is -2.59. The predicted molar refractivity (Wildman–Crippen MR) is 183 cm³/mol. The minimum atomic E-state index is -0.904. The van der Waals surface area contributed by atoms with Gasteiger partial charge in [0.1, 0.15) is 36.6 Å². The number of ether oxygens (including phenoxy) is 8. The van der Waals surface area contributed by atoms with Crippen LogP contribution in [0, 0.1) is 23.7 Å². The van der Waals surface area contributed by atoms with Gasteiger partial charge in [0.05, 0.1) is 31.0 Å². The van der Waals surface area contributed by atoms with Crippen LogP contribution in [0.3, 0.4) is 0 Å². The summed E-state index contributed by atoms with van der Waals surface area (Å²) >= 11 is 0. The molecule has 4 rings (SSSR count). The average molecular weight is 712 g/mol. The van der Waals surface area contributed by atoms with E-state index in [4.69, 9.17) is 37.9 Å². The Hall–Kier alpha value is -1.78. The largest absolute Gasteiger partial charge is 0.459 e. The number of carbonyl (C=O) groups is 2. The third-order valence-corrected chi connectivity index (χ3v) is 10.7. The fraction of sp³-hybridized carbons (Fsp3) is 0.838. The van der Waals surface area contributed by atoms with Crippen LogP contribution in [0.2, 0.25) is 0 Å². The number of hydrogen-bond donors (Lipinski definition) is 2. The standard InChI is InChI=1S/C37H61NO12/c1-11-27-24(18-45-37-35(44-10)34(43-9)30(41)23(6)47-37)33-28(49-33)14-13-26(39)20(3)16-21(4)32(19(2)12-15-29(40)48-27)50-36-31(42)25(38(7)8)17-22(5)46-36/h12-15,19-25,27-28,30-37,41-42H,11,16-18H2,1-10H3/b14-13-,15-12+/t19-,20-,21+,22+,23+,24+,25+,27+,28-,30+,31+,32+,33-,34-,35-,36+,37+/m0/s1. The summed E-state index contributed by atoms with van der Waals surface area (Å²) in [7, 11) is 6.85. The maximum absolute atomic E-state index is 13.4. The third kappa shape index (κ3) is 10.00. The van der Waals surface area contributed by atoms with E-state index < -0.39 is 67.2 Å². The Kier molecular flexibility index (Phi) is 15.0. The van der Waals surface area contributed by atoms with Crippen molar-refractivity contribution in [1.29, 1.82) is 0 Å². The molecule has 13 heteroatoms. The molecule has 0 radical (unpaired) electrons. The van der Waals surface area contributed by atoms with Gasteiger partial charge in [-0.25, -0.2) is 4.79 Å². The van der Waals surface area contributed by atoms with Crippen LogP contribution in [-0.2, 0) is 47.5 Å². The fourth-order valence-electron chi connectivity index (χ4n) is 7.64. The Bertz CT molecular complexity index is 1170. The summed E-state index contributed by atoms with van der Waals surface area (Å²) in [5.41, 5.74) is 0. The zero-order chi connectivity index (χ0) is 36.9. The topological polar surface area (TPSA) is 155 Å². The molecule has 286 valence electrons. The van der Waals surface area contributed by atoms with Crippen LogP contribution >= 0.6 is 0 Å². The summed E-state index contributed by atoms with van der Waals surface area (Å²) in [6.45, 7) is 11.6. The molecule has 3 fully saturated rings. The van der Waals surface area contributed by atoms with E-state index in [1.54, 1.807) is 25.2 Å². The number of carbonyl (C=O) groups excluding carboxylic acids is 2. The van der Waals surface area contributed by atoms with Crippen LogP contribution < -0.4 is 0 Å². The van der Waals surface area contributed by atoms with Crippen molar-refractivity contribution < 1.29 is 57.7 Å². The van der Waals surface area contributed by atoms with Gasteiger partial charge in [0.15, 0.2) is 18.4 Å². The number of fused-ring (bicyclic) bond motifs is 1. The Morgan fingerprint density at radius 1 is 0.860 bits per heavy atom. The van der Waals surface area contributed by atoms with Gasteiger partial charge in [0, 0.05) is 44.1 Å². The van der Waals surface area contributed by atoms with Gasteiger partial charge >= 0.3 is 5.97 Å². The first-order valence-corrected chi connectivity index (χ1v) is 18.1. The molecule has 4 heterocycles. The van der Waals surface area contributed by atoms with E-state index in [9.17, 15) is 19.8 Å². The van der Waals surface area contributed by atoms with Crippen molar-refractivity contribution in [2.24, 2.45) is 23.7 Å². The molecule has 0 aromatic carbocycles.